The molecule has 0 radical (unpaired) electrons. The molecule has 0 aliphatic heterocycles. The van der Waals surface area contributed by atoms with Crippen molar-refractivity contribution in [2.75, 3.05) is 27.4 Å². The van der Waals surface area contributed by atoms with Gasteiger partial charge in [-0.15, -0.1) is 0 Å². The van der Waals surface area contributed by atoms with Gasteiger partial charge in [-0.1, -0.05) is 18.2 Å². The number of rotatable bonds is 9. The molecule has 2 unspecified atom stereocenters. The van der Waals surface area contributed by atoms with Crippen molar-refractivity contribution >= 4 is 0 Å². The van der Waals surface area contributed by atoms with Gasteiger partial charge >= 0.3 is 0 Å². The Morgan fingerprint density at radius 1 is 1.30 bits per heavy atom. The lowest BCUT2D eigenvalue weighted by molar-refractivity contribution is 0.0231. The van der Waals surface area contributed by atoms with E-state index in [1.165, 1.54) is 5.56 Å². The fourth-order valence-electron chi connectivity index (χ4n) is 2.08. The van der Waals surface area contributed by atoms with Crippen molar-refractivity contribution in [2.24, 2.45) is 0 Å². The van der Waals surface area contributed by atoms with Crippen molar-refractivity contribution in [1.29, 1.82) is 0 Å². The van der Waals surface area contributed by atoms with Gasteiger partial charge in [-0.05, 0) is 31.9 Å². The lowest BCUT2D eigenvalue weighted by atomic mass is 10.0. The zero-order chi connectivity index (χ0) is 15.0. The van der Waals surface area contributed by atoms with Gasteiger partial charge in [-0.2, -0.15) is 0 Å². The number of hydrogen-bond donors (Lipinski definition) is 2. The van der Waals surface area contributed by atoms with E-state index in [4.69, 9.17) is 9.47 Å². The summed E-state index contributed by atoms with van der Waals surface area (Å²) < 4.78 is 10.4. The molecule has 0 saturated carbocycles. The molecule has 2 N–H and O–H groups in total. The highest BCUT2D eigenvalue weighted by Gasteiger charge is 2.20. The van der Waals surface area contributed by atoms with Crippen LogP contribution in [0.15, 0.2) is 24.3 Å². The summed E-state index contributed by atoms with van der Waals surface area (Å²) in [6.07, 6.45) is 1.49. The minimum absolute atomic E-state index is 0.264. The Hall–Kier alpha value is -1.10. The van der Waals surface area contributed by atoms with E-state index in [0.29, 0.717) is 19.6 Å². The topological polar surface area (TPSA) is 50.7 Å². The zero-order valence-electron chi connectivity index (χ0n) is 13.0. The highest BCUT2D eigenvalue weighted by atomic mass is 16.5. The predicted octanol–water partition coefficient (Wildman–Crippen LogP) is 2.00. The molecule has 0 saturated heterocycles. The Bertz CT molecular complexity index is 393. The Balaban J connectivity index is 2.45. The summed E-state index contributed by atoms with van der Waals surface area (Å²) in [5.74, 6) is 0.910. The van der Waals surface area contributed by atoms with Gasteiger partial charge in [0.2, 0.25) is 0 Å². The maximum Gasteiger partial charge on any atom is 0.122 e. The van der Waals surface area contributed by atoms with Crippen LogP contribution in [0.5, 0.6) is 5.75 Å². The van der Waals surface area contributed by atoms with Gasteiger partial charge in [0.15, 0.2) is 0 Å². The molecular weight excluding hydrogens is 254 g/mol. The third-order valence-electron chi connectivity index (χ3n) is 3.39. The maximum absolute atomic E-state index is 10.2. The van der Waals surface area contributed by atoms with Crippen molar-refractivity contribution in [3.63, 3.8) is 0 Å². The van der Waals surface area contributed by atoms with Crippen LogP contribution in [0.4, 0.5) is 0 Å². The normalized spacial score (nSPS) is 15.7. The Kier molecular flexibility index (Phi) is 6.99. The third-order valence-corrected chi connectivity index (χ3v) is 3.39. The van der Waals surface area contributed by atoms with Crippen LogP contribution >= 0.6 is 0 Å². The molecule has 0 heterocycles. The molecule has 0 spiro atoms. The zero-order valence-corrected chi connectivity index (χ0v) is 13.0. The molecule has 114 valence electrons. The van der Waals surface area contributed by atoms with Crippen LogP contribution in [0, 0.1) is 0 Å². The summed E-state index contributed by atoms with van der Waals surface area (Å²) in [7, 11) is 3.33. The van der Waals surface area contributed by atoms with Gasteiger partial charge in [0.05, 0.1) is 12.7 Å². The van der Waals surface area contributed by atoms with Crippen molar-refractivity contribution in [1.82, 2.24) is 5.32 Å². The molecule has 1 rings (SSSR count). The molecule has 1 aromatic rings. The van der Waals surface area contributed by atoms with E-state index in [1.807, 2.05) is 25.1 Å². The first kappa shape index (κ1) is 17.0. The molecule has 0 aromatic heterocycles. The van der Waals surface area contributed by atoms with Crippen LogP contribution in [0.25, 0.3) is 0 Å². The number of ether oxygens (including phenoxy) is 2. The first-order valence-electron chi connectivity index (χ1n) is 7.05. The highest BCUT2D eigenvalue weighted by molar-refractivity contribution is 5.33. The van der Waals surface area contributed by atoms with E-state index in [2.05, 4.69) is 18.3 Å². The quantitative estimate of drug-likeness (QED) is 0.727. The Morgan fingerprint density at radius 3 is 2.65 bits per heavy atom. The SMILES string of the molecule is COCCC(C)(O)CNC(C)Cc1ccccc1OC. The van der Waals surface area contributed by atoms with Gasteiger partial charge in [-0.3, -0.25) is 0 Å². The summed E-state index contributed by atoms with van der Waals surface area (Å²) in [6, 6.07) is 8.28. The highest BCUT2D eigenvalue weighted by Crippen LogP contribution is 2.19. The van der Waals surface area contributed by atoms with Crippen LogP contribution in [-0.4, -0.2) is 44.1 Å². The van der Waals surface area contributed by atoms with Crippen LogP contribution < -0.4 is 10.1 Å². The van der Waals surface area contributed by atoms with Gasteiger partial charge in [0.25, 0.3) is 0 Å². The summed E-state index contributed by atoms with van der Waals surface area (Å²) >= 11 is 0. The van der Waals surface area contributed by atoms with Gasteiger partial charge in [0, 0.05) is 32.7 Å². The van der Waals surface area contributed by atoms with Crippen molar-refractivity contribution in [3.8, 4) is 5.75 Å². The van der Waals surface area contributed by atoms with Gasteiger partial charge in [-0.25, -0.2) is 0 Å². The molecule has 1 aromatic carbocycles. The van der Waals surface area contributed by atoms with E-state index in [-0.39, 0.29) is 6.04 Å². The lowest BCUT2D eigenvalue weighted by Gasteiger charge is -2.26. The third kappa shape index (κ3) is 5.90. The average molecular weight is 281 g/mol. The fraction of sp³-hybridized carbons (Fsp3) is 0.625. The standard InChI is InChI=1S/C16H27NO3/c1-13(17-12-16(2,18)9-10-19-3)11-14-7-5-6-8-15(14)20-4/h5-8,13,17-18H,9-12H2,1-4H3. The van der Waals surface area contributed by atoms with E-state index >= 15 is 0 Å². The first-order chi connectivity index (χ1) is 9.48. The first-order valence-corrected chi connectivity index (χ1v) is 7.05. The summed E-state index contributed by atoms with van der Waals surface area (Å²) in [5.41, 5.74) is 0.428. The van der Waals surface area contributed by atoms with Crippen LogP contribution in [0.3, 0.4) is 0 Å². The molecule has 0 aliphatic carbocycles. The molecule has 0 amide bonds. The molecule has 0 aliphatic rings. The Morgan fingerprint density at radius 2 is 2.00 bits per heavy atom. The fourth-order valence-corrected chi connectivity index (χ4v) is 2.08. The molecule has 20 heavy (non-hydrogen) atoms. The molecule has 0 fully saturated rings. The molecule has 2 atom stereocenters. The lowest BCUT2D eigenvalue weighted by Crippen LogP contribution is -2.43. The summed E-state index contributed by atoms with van der Waals surface area (Å²) in [4.78, 5) is 0. The Labute approximate surface area is 122 Å². The van der Waals surface area contributed by atoms with Crippen LogP contribution in [0.1, 0.15) is 25.8 Å². The largest absolute Gasteiger partial charge is 0.496 e. The number of methoxy groups -OCH3 is 2. The number of aliphatic hydroxyl groups is 1. The van der Waals surface area contributed by atoms with Gasteiger partial charge < -0.3 is 19.9 Å². The van der Waals surface area contributed by atoms with Crippen molar-refractivity contribution in [3.05, 3.63) is 29.8 Å². The second kappa shape index (κ2) is 8.25. The number of para-hydroxylation sites is 1. The number of benzene rings is 1. The van der Waals surface area contributed by atoms with Crippen LogP contribution in [-0.2, 0) is 11.2 Å². The molecular formula is C16H27NO3. The van der Waals surface area contributed by atoms with E-state index in [0.717, 1.165) is 12.2 Å². The maximum atomic E-state index is 10.2. The van der Waals surface area contributed by atoms with E-state index < -0.39 is 5.60 Å². The van der Waals surface area contributed by atoms with Crippen LogP contribution in [0.2, 0.25) is 0 Å². The minimum atomic E-state index is -0.745. The molecule has 4 heteroatoms. The predicted molar refractivity (Wildman–Crippen MR) is 81.3 cm³/mol. The van der Waals surface area contributed by atoms with Crippen molar-refractivity contribution < 1.29 is 14.6 Å². The summed E-state index contributed by atoms with van der Waals surface area (Å²) in [5, 5.41) is 13.6. The number of hydrogen-bond acceptors (Lipinski definition) is 4. The van der Waals surface area contributed by atoms with Crippen molar-refractivity contribution in [2.45, 2.75) is 38.3 Å². The second-order valence-electron chi connectivity index (χ2n) is 5.54. The van der Waals surface area contributed by atoms with E-state index in [9.17, 15) is 5.11 Å². The second-order valence-corrected chi connectivity index (χ2v) is 5.54. The summed E-state index contributed by atoms with van der Waals surface area (Å²) in [6.45, 7) is 5.05. The number of nitrogens with one attached hydrogen (secondary N) is 1. The molecule has 4 nitrogen and oxygen atoms in total. The van der Waals surface area contributed by atoms with E-state index in [1.54, 1.807) is 14.2 Å². The minimum Gasteiger partial charge on any atom is -0.496 e. The van der Waals surface area contributed by atoms with Gasteiger partial charge in [0.1, 0.15) is 5.75 Å². The molecule has 0 bridgehead atoms. The smallest absolute Gasteiger partial charge is 0.122 e. The average Bonchev–Trinajstić information content (AvgIpc) is 2.44. The monoisotopic (exact) mass is 281 g/mol.